The monoisotopic (exact) mass is 192 g/mol. The summed E-state index contributed by atoms with van der Waals surface area (Å²) in [5, 5.41) is 9.93. The lowest BCUT2D eigenvalue weighted by Gasteiger charge is -2.34. The van der Waals surface area contributed by atoms with Crippen molar-refractivity contribution in [3.05, 3.63) is 35.9 Å². The van der Waals surface area contributed by atoms with Crippen molar-refractivity contribution in [2.45, 2.75) is 31.5 Å². The second kappa shape index (κ2) is 3.71. The van der Waals surface area contributed by atoms with E-state index in [1.165, 1.54) is 0 Å². The van der Waals surface area contributed by atoms with E-state index in [4.69, 9.17) is 4.74 Å². The Labute approximate surface area is 84.5 Å². The number of ether oxygens (including phenoxy) is 1. The van der Waals surface area contributed by atoms with E-state index in [1.54, 1.807) is 0 Å². The number of rotatable bonds is 1. The minimum atomic E-state index is -0.571. The van der Waals surface area contributed by atoms with Crippen LogP contribution in [-0.4, -0.2) is 17.3 Å². The maximum Gasteiger partial charge on any atom is 0.0852 e. The van der Waals surface area contributed by atoms with Gasteiger partial charge in [-0.15, -0.1) is 0 Å². The largest absolute Gasteiger partial charge is 0.390 e. The molecule has 0 spiro atoms. The van der Waals surface area contributed by atoms with E-state index in [1.807, 2.05) is 37.3 Å². The van der Waals surface area contributed by atoms with E-state index in [0.29, 0.717) is 13.0 Å². The molecule has 14 heavy (non-hydrogen) atoms. The summed E-state index contributed by atoms with van der Waals surface area (Å²) in [6.45, 7) is 2.53. The highest BCUT2D eigenvalue weighted by Crippen LogP contribution is 2.33. The second-order valence-electron chi connectivity index (χ2n) is 4.22. The van der Waals surface area contributed by atoms with E-state index >= 15 is 0 Å². The molecule has 0 bridgehead atoms. The first-order valence-corrected chi connectivity index (χ1v) is 5.06. The molecule has 1 N–H and O–H groups in total. The van der Waals surface area contributed by atoms with Gasteiger partial charge in [-0.1, -0.05) is 30.3 Å². The highest BCUT2D eigenvalue weighted by atomic mass is 16.5. The molecular weight excluding hydrogens is 176 g/mol. The van der Waals surface area contributed by atoms with Gasteiger partial charge in [0, 0.05) is 6.42 Å². The molecule has 0 saturated carbocycles. The number of aliphatic hydroxyl groups is 1. The summed E-state index contributed by atoms with van der Waals surface area (Å²) >= 11 is 0. The predicted molar refractivity (Wildman–Crippen MR) is 55.0 cm³/mol. The maximum atomic E-state index is 9.93. The van der Waals surface area contributed by atoms with Gasteiger partial charge in [0.25, 0.3) is 0 Å². The third-order valence-corrected chi connectivity index (χ3v) is 2.76. The first-order valence-electron chi connectivity index (χ1n) is 5.06. The van der Waals surface area contributed by atoms with Crippen LogP contribution in [0.5, 0.6) is 0 Å². The maximum absolute atomic E-state index is 9.93. The molecule has 1 aromatic carbocycles. The van der Waals surface area contributed by atoms with Crippen molar-refractivity contribution in [2.75, 3.05) is 6.61 Å². The predicted octanol–water partition coefficient (Wildman–Crippen LogP) is 2.29. The van der Waals surface area contributed by atoms with Crippen molar-refractivity contribution in [1.82, 2.24) is 0 Å². The first kappa shape index (κ1) is 9.69. The van der Waals surface area contributed by atoms with E-state index in [2.05, 4.69) is 0 Å². The van der Waals surface area contributed by atoms with Crippen molar-refractivity contribution in [1.29, 1.82) is 0 Å². The fraction of sp³-hybridized carbons (Fsp3) is 0.500. The Morgan fingerprint density at radius 2 is 2.07 bits per heavy atom. The van der Waals surface area contributed by atoms with Crippen LogP contribution >= 0.6 is 0 Å². The van der Waals surface area contributed by atoms with Crippen molar-refractivity contribution >= 4 is 0 Å². The van der Waals surface area contributed by atoms with Gasteiger partial charge in [0.1, 0.15) is 0 Å². The molecule has 0 aromatic heterocycles. The molecule has 1 aromatic rings. The highest BCUT2D eigenvalue weighted by molar-refractivity contribution is 5.18. The third kappa shape index (κ3) is 2.14. The van der Waals surface area contributed by atoms with Crippen molar-refractivity contribution < 1.29 is 9.84 Å². The Kier molecular flexibility index (Phi) is 2.57. The highest BCUT2D eigenvalue weighted by Gasteiger charge is 2.31. The molecule has 1 aliphatic heterocycles. The standard InChI is InChI=1S/C12H16O2/c1-12(13)7-8-14-11(9-12)10-5-3-2-4-6-10/h2-6,11,13H,7-9H2,1H3/t11-,12-/m1/s1. The third-order valence-electron chi connectivity index (χ3n) is 2.76. The zero-order valence-electron chi connectivity index (χ0n) is 8.44. The molecule has 1 heterocycles. The van der Waals surface area contributed by atoms with Crippen LogP contribution < -0.4 is 0 Å². The zero-order chi connectivity index (χ0) is 10.0. The molecule has 1 aliphatic rings. The van der Waals surface area contributed by atoms with Gasteiger partial charge < -0.3 is 9.84 Å². The van der Waals surface area contributed by atoms with Crippen LogP contribution in [0.3, 0.4) is 0 Å². The summed E-state index contributed by atoms with van der Waals surface area (Å²) in [4.78, 5) is 0. The summed E-state index contributed by atoms with van der Waals surface area (Å²) in [5.41, 5.74) is 0.589. The zero-order valence-corrected chi connectivity index (χ0v) is 8.44. The van der Waals surface area contributed by atoms with Gasteiger partial charge in [-0.2, -0.15) is 0 Å². The van der Waals surface area contributed by atoms with Gasteiger partial charge in [0.2, 0.25) is 0 Å². The molecule has 2 heteroatoms. The summed E-state index contributed by atoms with van der Waals surface area (Å²) in [5.74, 6) is 0. The van der Waals surface area contributed by atoms with Crippen LogP contribution in [-0.2, 0) is 4.74 Å². The average molecular weight is 192 g/mol. The summed E-state index contributed by atoms with van der Waals surface area (Å²) < 4.78 is 5.64. The molecule has 0 aliphatic carbocycles. The second-order valence-corrected chi connectivity index (χ2v) is 4.22. The molecule has 1 saturated heterocycles. The molecular formula is C12H16O2. The van der Waals surface area contributed by atoms with Gasteiger partial charge in [0.15, 0.2) is 0 Å². The number of benzene rings is 1. The quantitative estimate of drug-likeness (QED) is 0.739. The fourth-order valence-corrected chi connectivity index (χ4v) is 1.86. The average Bonchev–Trinajstić information content (AvgIpc) is 2.18. The lowest BCUT2D eigenvalue weighted by molar-refractivity contribution is -0.0952. The topological polar surface area (TPSA) is 29.5 Å². The smallest absolute Gasteiger partial charge is 0.0852 e. The molecule has 0 amide bonds. The van der Waals surface area contributed by atoms with Crippen LogP contribution in [0.2, 0.25) is 0 Å². The summed E-state index contributed by atoms with van der Waals surface area (Å²) in [7, 11) is 0. The van der Waals surface area contributed by atoms with Crippen LogP contribution in [0.1, 0.15) is 31.4 Å². The van der Waals surface area contributed by atoms with E-state index in [9.17, 15) is 5.11 Å². The Hall–Kier alpha value is -0.860. The van der Waals surface area contributed by atoms with Crippen LogP contribution in [0, 0.1) is 0 Å². The van der Waals surface area contributed by atoms with E-state index in [0.717, 1.165) is 12.0 Å². The minimum Gasteiger partial charge on any atom is -0.390 e. The molecule has 0 radical (unpaired) electrons. The van der Waals surface area contributed by atoms with Gasteiger partial charge in [-0.05, 0) is 18.9 Å². The Balaban J connectivity index is 2.12. The molecule has 2 atom stereocenters. The molecule has 2 rings (SSSR count). The fourth-order valence-electron chi connectivity index (χ4n) is 1.86. The normalized spacial score (nSPS) is 32.9. The molecule has 0 unspecified atom stereocenters. The lowest BCUT2D eigenvalue weighted by atomic mass is 9.89. The molecule has 2 nitrogen and oxygen atoms in total. The first-order chi connectivity index (χ1) is 6.67. The molecule has 1 fully saturated rings. The summed E-state index contributed by atoms with van der Waals surface area (Å²) in [6.07, 6.45) is 1.48. The SMILES string of the molecule is C[C@@]1(O)CCO[C@@H](c2ccccc2)C1. The number of hydrogen-bond donors (Lipinski definition) is 1. The van der Waals surface area contributed by atoms with Crippen molar-refractivity contribution in [2.24, 2.45) is 0 Å². The Morgan fingerprint density at radius 3 is 2.71 bits per heavy atom. The Bertz CT molecular complexity index is 292. The van der Waals surface area contributed by atoms with Gasteiger partial charge in [-0.25, -0.2) is 0 Å². The van der Waals surface area contributed by atoms with Gasteiger partial charge >= 0.3 is 0 Å². The molecule has 76 valence electrons. The van der Waals surface area contributed by atoms with E-state index in [-0.39, 0.29) is 6.10 Å². The van der Waals surface area contributed by atoms with Gasteiger partial charge in [-0.3, -0.25) is 0 Å². The van der Waals surface area contributed by atoms with Gasteiger partial charge in [0.05, 0.1) is 18.3 Å². The number of hydrogen-bond acceptors (Lipinski definition) is 2. The van der Waals surface area contributed by atoms with Crippen LogP contribution in [0.4, 0.5) is 0 Å². The van der Waals surface area contributed by atoms with Crippen molar-refractivity contribution in [3.63, 3.8) is 0 Å². The Morgan fingerprint density at radius 1 is 1.36 bits per heavy atom. The van der Waals surface area contributed by atoms with E-state index < -0.39 is 5.60 Å². The van der Waals surface area contributed by atoms with Crippen LogP contribution in [0.25, 0.3) is 0 Å². The minimum absolute atomic E-state index is 0.0555. The van der Waals surface area contributed by atoms with Crippen molar-refractivity contribution in [3.8, 4) is 0 Å². The lowest BCUT2D eigenvalue weighted by Crippen LogP contribution is -2.34. The summed E-state index contributed by atoms with van der Waals surface area (Å²) in [6, 6.07) is 10.1. The van der Waals surface area contributed by atoms with Crippen LogP contribution in [0.15, 0.2) is 30.3 Å².